The van der Waals surface area contributed by atoms with Gasteiger partial charge in [-0.3, -0.25) is 4.79 Å². The van der Waals surface area contributed by atoms with Crippen LogP contribution in [0.2, 0.25) is 0 Å². The molecule has 0 spiro atoms. The number of carboxylic acid groups (broad SMARTS) is 1. The van der Waals surface area contributed by atoms with Crippen LogP contribution in [-0.4, -0.2) is 42.7 Å². The molecule has 1 rings (SSSR count). The van der Waals surface area contributed by atoms with Crippen LogP contribution in [0.15, 0.2) is 0 Å². The fraction of sp³-hybridized carbons (Fsp3) is 0.875. The van der Waals surface area contributed by atoms with Crippen molar-refractivity contribution in [2.75, 3.05) is 26.7 Å². The minimum Gasteiger partial charge on any atom is -0.481 e. The molecule has 4 nitrogen and oxygen atoms in total. The van der Waals surface area contributed by atoms with Crippen LogP contribution >= 0.6 is 0 Å². The van der Waals surface area contributed by atoms with E-state index in [0.29, 0.717) is 12.8 Å². The van der Waals surface area contributed by atoms with Crippen LogP contribution in [0.25, 0.3) is 0 Å². The average Bonchev–Trinajstić information content (AvgIpc) is 2.06. The van der Waals surface area contributed by atoms with E-state index in [1.54, 1.807) is 0 Å². The number of carbonyl (C=O) groups is 1. The Morgan fingerprint density at radius 1 is 1.58 bits per heavy atom. The highest BCUT2D eigenvalue weighted by atomic mass is 16.4. The van der Waals surface area contributed by atoms with Crippen molar-refractivity contribution in [3.63, 3.8) is 0 Å². The summed E-state index contributed by atoms with van der Waals surface area (Å²) in [5.74, 6) is -0.738. The monoisotopic (exact) mass is 172 g/mol. The van der Waals surface area contributed by atoms with Crippen LogP contribution in [0.4, 0.5) is 0 Å². The summed E-state index contributed by atoms with van der Waals surface area (Å²) in [5, 5.41) is 8.98. The second kappa shape index (κ2) is 3.41. The van der Waals surface area contributed by atoms with Gasteiger partial charge in [0.05, 0.1) is 5.41 Å². The number of hydrogen-bond acceptors (Lipinski definition) is 3. The van der Waals surface area contributed by atoms with E-state index < -0.39 is 11.4 Å². The van der Waals surface area contributed by atoms with Crippen molar-refractivity contribution in [2.45, 2.75) is 12.8 Å². The first-order valence-electron chi connectivity index (χ1n) is 4.23. The summed E-state index contributed by atoms with van der Waals surface area (Å²) in [4.78, 5) is 13.1. The van der Waals surface area contributed by atoms with Gasteiger partial charge in [0.2, 0.25) is 0 Å². The number of piperidine rings is 1. The molecule has 0 saturated carbocycles. The molecule has 0 bridgehead atoms. The molecule has 3 N–H and O–H groups in total. The highest BCUT2D eigenvalue weighted by Gasteiger charge is 2.39. The van der Waals surface area contributed by atoms with E-state index in [9.17, 15) is 4.79 Å². The molecule has 1 aliphatic heterocycles. The zero-order chi connectivity index (χ0) is 9.19. The van der Waals surface area contributed by atoms with Crippen molar-refractivity contribution >= 4 is 5.97 Å². The van der Waals surface area contributed by atoms with E-state index in [4.69, 9.17) is 10.8 Å². The molecule has 1 heterocycles. The van der Waals surface area contributed by atoms with E-state index in [-0.39, 0.29) is 6.54 Å². The summed E-state index contributed by atoms with van der Waals surface area (Å²) in [5.41, 5.74) is 4.84. The predicted molar refractivity (Wildman–Crippen MR) is 45.9 cm³/mol. The Balaban J connectivity index is 2.63. The smallest absolute Gasteiger partial charge is 0.311 e. The number of nitrogens with two attached hydrogens (primary N) is 1. The summed E-state index contributed by atoms with van der Waals surface area (Å²) < 4.78 is 0. The second-order valence-electron chi connectivity index (χ2n) is 3.59. The van der Waals surface area contributed by atoms with E-state index in [2.05, 4.69) is 4.90 Å². The first-order valence-corrected chi connectivity index (χ1v) is 4.23. The lowest BCUT2D eigenvalue weighted by molar-refractivity contribution is -0.151. The quantitative estimate of drug-likeness (QED) is 0.602. The predicted octanol–water partition coefficient (Wildman–Crippen LogP) is -0.258. The minimum atomic E-state index is -0.738. The number of nitrogens with zero attached hydrogens (tertiary/aromatic N) is 1. The summed E-state index contributed by atoms with van der Waals surface area (Å²) in [6.07, 6.45) is 1.35. The Labute approximate surface area is 72.3 Å². The maximum Gasteiger partial charge on any atom is 0.311 e. The molecule has 1 fully saturated rings. The second-order valence-corrected chi connectivity index (χ2v) is 3.59. The lowest BCUT2D eigenvalue weighted by Crippen LogP contribution is -2.47. The zero-order valence-electron chi connectivity index (χ0n) is 7.42. The van der Waals surface area contributed by atoms with Gasteiger partial charge in [0.25, 0.3) is 0 Å². The molecular weight excluding hydrogens is 156 g/mol. The fourth-order valence-corrected chi connectivity index (χ4v) is 1.55. The molecule has 0 aromatic rings. The normalized spacial score (nSPS) is 23.8. The van der Waals surface area contributed by atoms with Gasteiger partial charge in [0, 0.05) is 6.54 Å². The summed E-state index contributed by atoms with van der Waals surface area (Å²) in [6.45, 7) is 1.93. The van der Waals surface area contributed by atoms with Crippen LogP contribution in [-0.2, 0) is 4.79 Å². The van der Waals surface area contributed by atoms with Gasteiger partial charge in [-0.1, -0.05) is 0 Å². The van der Waals surface area contributed by atoms with E-state index in [0.717, 1.165) is 13.1 Å². The molecule has 0 radical (unpaired) electrons. The summed E-state index contributed by atoms with van der Waals surface area (Å²) >= 11 is 0. The van der Waals surface area contributed by atoms with Gasteiger partial charge in [0.1, 0.15) is 0 Å². The SMILES string of the molecule is CN1CCC(CN)(C(=O)O)CC1. The molecule has 0 aromatic heterocycles. The highest BCUT2D eigenvalue weighted by Crippen LogP contribution is 2.29. The molecule has 0 atom stereocenters. The molecule has 4 heteroatoms. The molecule has 0 aromatic carbocycles. The first-order chi connectivity index (χ1) is 5.60. The molecular formula is C8H16N2O2. The van der Waals surface area contributed by atoms with Gasteiger partial charge in [-0.05, 0) is 33.0 Å². The maximum atomic E-state index is 10.9. The molecule has 0 unspecified atom stereocenters. The number of carboxylic acids is 1. The Bertz CT molecular complexity index is 174. The van der Waals surface area contributed by atoms with Crippen molar-refractivity contribution < 1.29 is 9.90 Å². The lowest BCUT2D eigenvalue weighted by Gasteiger charge is -2.36. The van der Waals surface area contributed by atoms with Gasteiger partial charge in [0.15, 0.2) is 0 Å². The standard InChI is InChI=1S/C8H16N2O2/c1-10-4-2-8(6-9,3-5-10)7(11)12/h2-6,9H2,1H3,(H,11,12). The number of hydrogen-bond donors (Lipinski definition) is 2. The molecule has 1 saturated heterocycles. The topological polar surface area (TPSA) is 66.6 Å². The summed E-state index contributed by atoms with van der Waals surface area (Å²) in [7, 11) is 2.00. The largest absolute Gasteiger partial charge is 0.481 e. The van der Waals surface area contributed by atoms with Crippen molar-refractivity contribution in [2.24, 2.45) is 11.1 Å². The Morgan fingerprint density at radius 2 is 2.08 bits per heavy atom. The average molecular weight is 172 g/mol. The fourth-order valence-electron chi connectivity index (χ4n) is 1.55. The Kier molecular flexibility index (Phi) is 2.69. The van der Waals surface area contributed by atoms with Crippen molar-refractivity contribution in [1.82, 2.24) is 4.90 Å². The maximum absolute atomic E-state index is 10.9. The Hall–Kier alpha value is -0.610. The molecule has 70 valence electrons. The number of aliphatic carboxylic acids is 1. The van der Waals surface area contributed by atoms with Gasteiger partial charge in [-0.2, -0.15) is 0 Å². The highest BCUT2D eigenvalue weighted by molar-refractivity contribution is 5.75. The van der Waals surface area contributed by atoms with Crippen LogP contribution in [0.3, 0.4) is 0 Å². The van der Waals surface area contributed by atoms with Crippen LogP contribution in [0.5, 0.6) is 0 Å². The van der Waals surface area contributed by atoms with Gasteiger partial charge in [-0.25, -0.2) is 0 Å². The van der Waals surface area contributed by atoms with Crippen LogP contribution in [0.1, 0.15) is 12.8 Å². The summed E-state index contributed by atoms with van der Waals surface area (Å²) in [6, 6.07) is 0. The van der Waals surface area contributed by atoms with Gasteiger partial charge >= 0.3 is 5.97 Å². The molecule has 0 amide bonds. The van der Waals surface area contributed by atoms with Crippen molar-refractivity contribution in [3.05, 3.63) is 0 Å². The van der Waals surface area contributed by atoms with E-state index in [1.807, 2.05) is 7.05 Å². The molecule has 12 heavy (non-hydrogen) atoms. The van der Waals surface area contributed by atoms with E-state index >= 15 is 0 Å². The zero-order valence-corrected chi connectivity index (χ0v) is 7.42. The van der Waals surface area contributed by atoms with Crippen LogP contribution < -0.4 is 5.73 Å². The lowest BCUT2D eigenvalue weighted by atomic mass is 9.79. The Morgan fingerprint density at radius 3 is 2.42 bits per heavy atom. The number of rotatable bonds is 2. The van der Waals surface area contributed by atoms with Gasteiger partial charge < -0.3 is 15.7 Å². The third kappa shape index (κ3) is 1.59. The third-order valence-corrected chi connectivity index (χ3v) is 2.79. The molecule has 0 aliphatic carbocycles. The van der Waals surface area contributed by atoms with E-state index in [1.165, 1.54) is 0 Å². The first kappa shape index (κ1) is 9.48. The van der Waals surface area contributed by atoms with Crippen molar-refractivity contribution in [3.8, 4) is 0 Å². The minimum absolute atomic E-state index is 0.260. The van der Waals surface area contributed by atoms with Crippen molar-refractivity contribution in [1.29, 1.82) is 0 Å². The third-order valence-electron chi connectivity index (χ3n) is 2.79. The van der Waals surface area contributed by atoms with Crippen LogP contribution in [0, 0.1) is 5.41 Å². The number of likely N-dealkylation sites (tertiary alicyclic amines) is 1. The van der Waals surface area contributed by atoms with Gasteiger partial charge in [-0.15, -0.1) is 0 Å². The molecule has 1 aliphatic rings.